The van der Waals surface area contributed by atoms with Gasteiger partial charge in [0, 0.05) is 30.1 Å². The number of rotatable bonds is 1. The van der Waals surface area contributed by atoms with E-state index in [0.29, 0.717) is 11.3 Å². The van der Waals surface area contributed by atoms with Crippen molar-refractivity contribution in [2.75, 3.05) is 26.3 Å². The molecule has 0 radical (unpaired) electrons. The first-order chi connectivity index (χ1) is 8.80. The first-order valence-corrected chi connectivity index (χ1v) is 7.63. The second kappa shape index (κ2) is 5.32. The molecule has 0 aliphatic carbocycles. The third-order valence-corrected chi connectivity index (χ3v) is 5.18. The third-order valence-electron chi connectivity index (χ3n) is 4.65. The summed E-state index contributed by atoms with van der Waals surface area (Å²) in [5, 5.41) is 3.57. The predicted octanol–water partition coefficient (Wildman–Crippen LogP) is 3.32. The molecule has 2 aliphatic heterocycles. The first kappa shape index (κ1) is 12.6. The summed E-state index contributed by atoms with van der Waals surface area (Å²) in [4.78, 5) is 0. The molecule has 0 bridgehead atoms. The number of benzene rings is 1. The van der Waals surface area contributed by atoms with Crippen LogP contribution in [-0.4, -0.2) is 26.3 Å². The van der Waals surface area contributed by atoms with Crippen LogP contribution in [0.5, 0.6) is 0 Å². The summed E-state index contributed by atoms with van der Waals surface area (Å²) in [5.74, 6) is 0.642. The van der Waals surface area contributed by atoms with E-state index in [1.165, 1.54) is 24.8 Å². The SMILES string of the molecule is Brc1ccc(C2CNCCC23CCOCC3)cc1. The molecule has 3 rings (SSSR count). The number of hydrogen-bond donors (Lipinski definition) is 1. The van der Waals surface area contributed by atoms with E-state index in [4.69, 9.17) is 4.74 Å². The summed E-state index contributed by atoms with van der Waals surface area (Å²) >= 11 is 3.52. The second-order valence-electron chi connectivity index (χ2n) is 5.53. The Kier molecular flexibility index (Phi) is 3.73. The Bertz CT molecular complexity index is 389. The highest BCUT2D eigenvalue weighted by Crippen LogP contribution is 2.48. The van der Waals surface area contributed by atoms with Crippen molar-refractivity contribution in [1.82, 2.24) is 5.32 Å². The van der Waals surface area contributed by atoms with E-state index >= 15 is 0 Å². The topological polar surface area (TPSA) is 21.3 Å². The molecular formula is C15H20BrNO. The lowest BCUT2D eigenvalue weighted by molar-refractivity contribution is -0.0134. The van der Waals surface area contributed by atoms with E-state index in [0.717, 1.165) is 30.8 Å². The zero-order chi connectivity index (χ0) is 12.4. The van der Waals surface area contributed by atoms with Crippen LogP contribution in [0.25, 0.3) is 0 Å². The van der Waals surface area contributed by atoms with Gasteiger partial charge in [-0.3, -0.25) is 0 Å². The van der Waals surface area contributed by atoms with Crippen LogP contribution in [0.15, 0.2) is 28.7 Å². The molecule has 1 spiro atoms. The van der Waals surface area contributed by atoms with Gasteiger partial charge in [0.1, 0.15) is 0 Å². The Labute approximate surface area is 117 Å². The maximum Gasteiger partial charge on any atom is 0.0471 e. The Morgan fingerprint density at radius 3 is 2.56 bits per heavy atom. The van der Waals surface area contributed by atoms with E-state index in [2.05, 4.69) is 45.5 Å². The van der Waals surface area contributed by atoms with Gasteiger partial charge in [-0.2, -0.15) is 0 Å². The molecule has 1 aromatic carbocycles. The summed E-state index contributed by atoms with van der Waals surface area (Å²) < 4.78 is 6.74. The Morgan fingerprint density at radius 2 is 1.83 bits per heavy atom. The zero-order valence-corrected chi connectivity index (χ0v) is 12.2. The first-order valence-electron chi connectivity index (χ1n) is 6.84. The minimum absolute atomic E-state index is 0.470. The molecule has 1 aromatic rings. The zero-order valence-electron chi connectivity index (χ0n) is 10.6. The maximum atomic E-state index is 5.57. The lowest BCUT2D eigenvalue weighted by atomic mass is 9.63. The molecule has 0 saturated carbocycles. The Balaban J connectivity index is 1.89. The van der Waals surface area contributed by atoms with Gasteiger partial charge in [-0.25, -0.2) is 0 Å². The number of ether oxygens (including phenoxy) is 1. The molecule has 2 fully saturated rings. The van der Waals surface area contributed by atoms with Crippen molar-refractivity contribution in [2.45, 2.75) is 25.2 Å². The second-order valence-corrected chi connectivity index (χ2v) is 6.45. The fourth-order valence-corrected chi connectivity index (χ4v) is 3.78. The van der Waals surface area contributed by atoms with Crippen molar-refractivity contribution in [3.8, 4) is 0 Å². The van der Waals surface area contributed by atoms with E-state index < -0.39 is 0 Å². The summed E-state index contributed by atoms with van der Waals surface area (Å²) in [5.41, 5.74) is 1.95. The molecule has 2 saturated heterocycles. The molecule has 0 amide bonds. The average Bonchev–Trinajstić information content (AvgIpc) is 2.42. The molecule has 1 atom stereocenters. The highest BCUT2D eigenvalue weighted by atomic mass is 79.9. The number of piperidine rings is 1. The summed E-state index contributed by atoms with van der Waals surface area (Å²) in [6, 6.07) is 8.88. The summed E-state index contributed by atoms with van der Waals surface area (Å²) in [6.07, 6.45) is 3.72. The van der Waals surface area contributed by atoms with Crippen LogP contribution in [0.2, 0.25) is 0 Å². The van der Waals surface area contributed by atoms with E-state index in [-0.39, 0.29) is 0 Å². The minimum Gasteiger partial charge on any atom is -0.381 e. The molecule has 2 heterocycles. The predicted molar refractivity (Wildman–Crippen MR) is 76.9 cm³/mol. The number of hydrogen-bond acceptors (Lipinski definition) is 2. The van der Waals surface area contributed by atoms with Crippen molar-refractivity contribution in [3.05, 3.63) is 34.3 Å². The third kappa shape index (κ3) is 2.36. The van der Waals surface area contributed by atoms with Gasteiger partial charge in [0.15, 0.2) is 0 Å². The van der Waals surface area contributed by atoms with Crippen molar-refractivity contribution in [1.29, 1.82) is 0 Å². The van der Waals surface area contributed by atoms with Crippen molar-refractivity contribution in [3.63, 3.8) is 0 Å². The van der Waals surface area contributed by atoms with Crippen molar-refractivity contribution >= 4 is 15.9 Å². The fourth-order valence-electron chi connectivity index (χ4n) is 3.52. The van der Waals surface area contributed by atoms with Gasteiger partial charge < -0.3 is 10.1 Å². The molecular weight excluding hydrogens is 290 g/mol. The normalized spacial score (nSPS) is 27.3. The maximum absolute atomic E-state index is 5.57. The largest absolute Gasteiger partial charge is 0.381 e. The molecule has 18 heavy (non-hydrogen) atoms. The molecule has 3 heteroatoms. The van der Waals surface area contributed by atoms with E-state index in [9.17, 15) is 0 Å². The highest BCUT2D eigenvalue weighted by Gasteiger charge is 2.42. The van der Waals surface area contributed by atoms with Gasteiger partial charge >= 0.3 is 0 Å². The number of halogens is 1. The van der Waals surface area contributed by atoms with Crippen molar-refractivity contribution < 1.29 is 4.74 Å². The van der Waals surface area contributed by atoms with Gasteiger partial charge in [-0.1, -0.05) is 28.1 Å². The molecule has 1 N–H and O–H groups in total. The monoisotopic (exact) mass is 309 g/mol. The van der Waals surface area contributed by atoms with Gasteiger partial charge in [-0.15, -0.1) is 0 Å². The van der Waals surface area contributed by atoms with Crippen LogP contribution in [-0.2, 0) is 4.74 Å². The lowest BCUT2D eigenvalue weighted by Crippen LogP contribution is -2.46. The molecule has 0 aromatic heterocycles. The Hall–Kier alpha value is -0.380. The van der Waals surface area contributed by atoms with Crippen LogP contribution in [0.4, 0.5) is 0 Å². The van der Waals surface area contributed by atoms with Gasteiger partial charge in [0.25, 0.3) is 0 Å². The van der Waals surface area contributed by atoms with Crippen LogP contribution in [0, 0.1) is 5.41 Å². The van der Waals surface area contributed by atoms with E-state index in [1.54, 1.807) is 0 Å². The lowest BCUT2D eigenvalue weighted by Gasteiger charge is -2.47. The Morgan fingerprint density at radius 1 is 1.11 bits per heavy atom. The molecule has 2 aliphatic rings. The van der Waals surface area contributed by atoms with Crippen LogP contribution < -0.4 is 5.32 Å². The standard InChI is InChI=1S/C15H20BrNO/c16-13-3-1-12(2-4-13)14-11-17-8-5-15(14)6-9-18-10-7-15/h1-4,14,17H,5-11H2. The van der Waals surface area contributed by atoms with Crippen LogP contribution in [0.3, 0.4) is 0 Å². The quantitative estimate of drug-likeness (QED) is 0.859. The van der Waals surface area contributed by atoms with Gasteiger partial charge in [-0.05, 0) is 48.9 Å². The molecule has 2 nitrogen and oxygen atoms in total. The molecule has 98 valence electrons. The van der Waals surface area contributed by atoms with Crippen LogP contribution >= 0.6 is 15.9 Å². The van der Waals surface area contributed by atoms with E-state index in [1.807, 2.05) is 0 Å². The molecule has 1 unspecified atom stereocenters. The highest BCUT2D eigenvalue weighted by molar-refractivity contribution is 9.10. The smallest absolute Gasteiger partial charge is 0.0471 e. The average molecular weight is 310 g/mol. The summed E-state index contributed by atoms with van der Waals surface area (Å²) in [7, 11) is 0. The minimum atomic E-state index is 0.470. The fraction of sp³-hybridized carbons (Fsp3) is 0.600. The van der Waals surface area contributed by atoms with Crippen LogP contribution in [0.1, 0.15) is 30.7 Å². The number of nitrogens with one attached hydrogen (secondary N) is 1. The van der Waals surface area contributed by atoms with Gasteiger partial charge in [0.05, 0.1) is 0 Å². The summed E-state index contributed by atoms with van der Waals surface area (Å²) in [6.45, 7) is 4.15. The van der Waals surface area contributed by atoms with Gasteiger partial charge in [0.2, 0.25) is 0 Å². The van der Waals surface area contributed by atoms with Crippen molar-refractivity contribution in [2.24, 2.45) is 5.41 Å².